The van der Waals surface area contributed by atoms with E-state index in [-0.39, 0.29) is 5.91 Å². The molecule has 6 nitrogen and oxygen atoms in total. The number of rotatable bonds is 4. The molecule has 1 saturated heterocycles. The molecule has 1 saturated carbocycles. The van der Waals surface area contributed by atoms with Crippen molar-refractivity contribution in [2.24, 2.45) is 0 Å². The highest BCUT2D eigenvalue weighted by Crippen LogP contribution is 2.40. The van der Waals surface area contributed by atoms with E-state index < -0.39 is 0 Å². The summed E-state index contributed by atoms with van der Waals surface area (Å²) in [6.07, 6.45) is 8.21. The van der Waals surface area contributed by atoms with Gasteiger partial charge in [0.25, 0.3) is 5.91 Å². The van der Waals surface area contributed by atoms with Crippen LogP contribution in [0.25, 0.3) is 10.9 Å². The molecule has 28 heavy (non-hydrogen) atoms. The van der Waals surface area contributed by atoms with Crippen molar-refractivity contribution in [1.82, 2.24) is 19.7 Å². The topological polar surface area (TPSA) is 63.0 Å². The largest absolute Gasteiger partial charge is 0.319 e. The number of amides is 1. The van der Waals surface area contributed by atoms with Crippen LogP contribution in [0.2, 0.25) is 0 Å². The average Bonchev–Trinajstić information content (AvgIpc) is 3.47. The number of pyridine rings is 1. The summed E-state index contributed by atoms with van der Waals surface area (Å²) in [6, 6.07) is 10.3. The van der Waals surface area contributed by atoms with Crippen LogP contribution in [0.5, 0.6) is 0 Å². The van der Waals surface area contributed by atoms with E-state index in [1.165, 1.54) is 0 Å². The molecule has 1 aromatic carbocycles. The van der Waals surface area contributed by atoms with E-state index >= 15 is 0 Å². The summed E-state index contributed by atoms with van der Waals surface area (Å²) in [7, 11) is 2.15. The standard InChI is InChI=1S/C22H25N5O/c1-26-10-8-17(9-11-26)27-14-16(13-23-27)24-22(28)19-12-21(15-6-7-15)25-20-5-3-2-4-18(19)20/h2-5,12-15,17H,6-11H2,1H3,(H,24,28). The van der Waals surface area contributed by atoms with Gasteiger partial charge in [-0.3, -0.25) is 14.5 Å². The molecule has 1 aliphatic heterocycles. The summed E-state index contributed by atoms with van der Waals surface area (Å²) >= 11 is 0. The van der Waals surface area contributed by atoms with Gasteiger partial charge in [0.2, 0.25) is 0 Å². The molecule has 2 aromatic heterocycles. The van der Waals surface area contributed by atoms with Gasteiger partial charge in [-0.15, -0.1) is 0 Å². The second-order valence-corrected chi connectivity index (χ2v) is 8.08. The number of anilines is 1. The normalized spacial score (nSPS) is 18.5. The van der Waals surface area contributed by atoms with E-state index in [2.05, 4.69) is 22.4 Å². The van der Waals surface area contributed by atoms with Crippen LogP contribution >= 0.6 is 0 Å². The van der Waals surface area contributed by atoms with Crippen molar-refractivity contribution in [3.63, 3.8) is 0 Å². The van der Waals surface area contributed by atoms with Gasteiger partial charge in [-0.05, 0) is 58.0 Å². The van der Waals surface area contributed by atoms with Gasteiger partial charge in [0.05, 0.1) is 29.0 Å². The van der Waals surface area contributed by atoms with Gasteiger partial charge in [0.1, 0.15) is 0 Å². The predicted octanol–water partition coefficient (Wildman–Crippen LogP) is 3.83. The molecular weight excluding hydrogens is 350 g/mol. The van der Waals surface area contributed by atoms with Crippen molar-refractivity contribution in [3.05, 3.63) is 54.0 Å². The van der Waals surface area contributed by atoms with Crippen molar-refractivity contribution in [2.45, 2.75) is 37.6 Å². The van der Waals surface area contributed by atoms with E-state index in [0.29, 0.717) is 17.5 Å². The first-order valence-electron chi connectivity index (χ1n) is 10.1. The second-order valence-electron chi connectivity index (χ2n) is 8.08. The highest BCUT2D eigenvalue weighted by atomic mass is 16.1. The lowest BCUT2D eigenvalue weighted by atomic mass is 10.1. The SMILES string of the molecule is CN1CCC(n2cc(NC(=O)c3cc(C4CC4)nc4ccccc34)cn2)CC1. The summed E-state index contributed by atoms with van der Waals surface area (Å²) in [5, 5.41) is 8.44. The highest BCUT2D eigenvalue weighted by molar-refractivity contribution is 6.12. The van der Waals surface area contributed by atoms with Crippen LogP contribution < -0.4 is 5.32 Å². The second kappa shape index (κ2) is 7.02. The van der Waals surface area contributed by atoms with E-state index in [1.54, 1.807) is 6.20 Å². The van der Waals surface area contributed by atoms with Crippen molar-refractivity contribution >= 4 is 22.5 Å². The number of hydrogen-bond acceptors (Lipinski definition) is 4. The summed E-state index contributed by atoms with van der Waals surface area (Å²) < 4.78 is 2.00. The van der Waals surface area contributed by atoms with Crippen LogP contribution in [-0.2, 0) is 0 Å². The molecule has 0 bridgehead atoms. The first-order chi connectivity index (χ1) is 13.7. The molecule has 0 spiro atoms. The van der Waals surface area contributed by atoms with Crippen LogP contribution in [0.15, 0.2) is 42.7 Å². The molecule has 0 atom stereocenters. The Balaban J connectivity index is 1.39. The molecule has 144 valence electrons. The van der Waals surface area contributed by atoms with Gasteiger partial charge in [-0.2, -0.15) is 5.10 Å². The summed E-state index contributed by atoms with van der Waals surface area (Å²) in [6.45, 7) is 2.17. The monoisotopic (exact) mass is 375 g/mol. The zero-order chi connectivity index (χ0) is 19.1. The Morgan fingerprint density at radius 3 is 2.71 bits per heavy atom. The number of likely N-dealkylation sites (tertiary alicyclic amines) is 1. The maximum atomic E-state index is 13.1. The lowest BCUT2D eigenvalue weighted by Crippen LogP contribution is -2.31. The first kappa shape index (κ1) is 17.4. The fourth-order valence-corrected chi connectivity index (χ4v) is 4.03. The number of aromatic nitrogens is 3. The van der Waals surface area contributed by atoms with E-state index in [9.17, 15) is 4.79 Å². The van der Waals surface area contributed by atoms with Gasteiger partial charge in [-0.25, -0.2) is 0 Å². The Morgan fingerprint density at radius 1 is 1.14 bits per heavy atom. The van der Waals surface area contributed by atoms with Gasteiger partial charge >= 0.3 is 0 Å². The number of carbonyl (C=O) groups excluding carboxylic acids is 1. The predicted molar refractivity (Wildman–Crippen MR) is 110 cm³/mol. The fraction of sp³-hybridized carbons (Fsp3) is 0.409. The zero-order valence-electron chi connectivity index (χ0n) is 16.1. The lowest BCUT2D eigenvalue weighted by Gasteiger charge is -2.28. The molecule has 0 radical (unpaired) electrons. The Hall–Kier alpha value is -2.73. The van der Waals surface area contributed by atoms with E-state index in [1.807, 2.05) is 41.2 Å². The molecule has 1 N–H and O–H groups in total. The van der Waals surface area contributed by atoms with Crippen LogP contribution in [0.4, 0.5) is 5.69 Å². The third kappa shape index (κ3) is 3.40. The molecule has 3 aromatic rings. The number of hydrogen-bond donors (Lipinski definition) is 1. The van der Waals surface area contributed by atoms with E-state index in [0.717, 1.165) is 61.1 Å². The number of nitrogens with zero attached hydrogens (tertiary/aromatic N) is 4. The maximum Gasteiger partial charge on any atom is 0.256 e. The fourth-order valence-electron chi connectivity index (χ4n) is 4.03. The molecule has 2 fully saturated rings. The summed E-state index contributed by atoms with van der Waals surface area (Å²) in [5.74, 6) is 0.409. The molecule has 1 aliphatic carbocycles. The van der Waals surface area contributed by atoms with Crippen LogP contribution in [0.1, 0.15) is 53.7 Å². The molecule has 0 unspecified atom stereocenters. The van der Waals surface area contributed by atoms with Gasteiger partial charge in [-0.1, -0.05) is 18.2 Å². The van der Waals surface area contributed by atoms with Crippen LogP contribution in [0.3, 0.4) is 0 Å². The van der Waals surface area contributed by atoms with Crippen LogP contribution in [0, 0.1) is 0 Å². The molecule has 6 heteroatoms. The number of piperidine rings is 1. The molecule has 3 heterocycles. The maximum absolute atomic E-state index is 13.1. The van der Waals surface area contributed by atoms with Crippen molar-refractivity contribution in [2.75, 3.05) is 25.5 Å². The number of benzene rings is 1. The third-order valence-electron chi connectivity index (χ3n) is 5.90. The van der Waals surface area contributed by atoms with Crippen molar-refractivity contribution < 1.29 is 4.79 Å². The minimum atomic E-state index is -0.0940. The Morgan fingerprint density at radius 2 is 1.93 bits per heavy atom. The number of para-hydroxylation sites is 1. The first-order valence-corrected chi connectivity index (χ1v) is 10.1. The Labute approximate surface area is 164 Å². The highest BCUT2D eigenvalue weighted by Gasteiger charge is 2.27. The minimum absolute atomic E-state index is 0.0940. The quantitative estimate of drug-likeness (QED) is 0.753. The Bertz CT molecular complexity index is 1010. The lowest BCUT2D eigenvalue weighted by molar-refractivity contribution is 0.102. The summed E-state index contributed by atoms with van der Waals surface area (Å²) in [4.78, 5) is 20.2. The molecule has 1 amide bonds. The van der Waals surface area contributed by atoms with Gasteiger partial charge in [0.15, 0.2) is 0 Å². The van der Waals surface area contributed by atoms with E-state index in [4.69, 9.17) is 4.98 Å². The van der Waals surface area contributed by atoms with Crippen LogP contribution in [-0.4, -0.2) is 45.7 Å². The average molecular weight is 375 g/mol. The molecule has 2 aliphatic rings. The zero-order valence-corrected chi connectivity index (χ0v) is 16.1. The third-order valence-corrected chi connectivity index (χ3v) is 5.90. The molecular formula is C22H25N5O. The Kier molecular flexibility index (Phi) is 4.36. The smallest absolute Gasteiger partial charge is 0.256 e. The van der Waals surface area contributed by atoms with Gasteiger partial charge < -0.3 is 10.2 Å². The van der Waals surface area contributed by atoms with Gasteiger partial charge in [0, 0.05) is 23.2 Å². The number of nitrogens with one attached hydrogen (secondary N) is 1. The minimum Gasteiger partial charge on any atom is -0.319 e. The van der Waals surface area contributed by atoms with Crippen molar-refractivity contribution in [1.29, 1.82) is 0 Å². The number of carbonyl (C=O) groups is 1. The number of fused-ring (bicyclic) bond motifs is 1. The van der Waals surface area contributed by atoms with Crippen molar-refractivity contribution in [3.8, 4) is 0 Å². The summed E-state index contributed by atoms with van der Waals surface area (Å²) in [5.41, 5.74) is 3.36. The molecule has 5 rings (SSSR count).